The number of benzene rings is 2. The SMILES string of the molecule is COc1ccc(N2C(=O)CC(NCc3cccc(Cl)c3)C2=O)cc1. The van der Waals surface area contributed by atoms with Crippen LogP contribution < -0.4 is 15.0 Å². The maximum atomic E-state index is 12.5. The van der Waals surface area contributed by atoms with Gasteiger partial charge in [-0.3, -0.25) is 9.59 Å². The lowest BCUT2D eigenvalue weighted by molar-refractivity contribution is -0.121. The minimum atomic E-state index is -0.529. The predicted molar refractivity (Wildman–Crippen MR) is 92.2 cm³/mol. The number of amides is 2. The van der Waals surface area contributed by atoms with E-state index in [2.05, 4.69) is 5.32 Å². The number of nitrogens with zero attached hydrogens (tertiary/aromatic N) is 1. The van der Waals surface area contributed by atoms with Crippen LogP contribution in [0.1, 0.15) is 12.0 Å². The lowest BCUT2D eigenvalue weighted by Gasteiger charge is -2.16. The van der Waals surface area contributed by atoms with Gasteiger partial charge in [0.2, 0.25) is 5.91 Å². The molecule has 0 bridgehead atoms. The summed E-state index contributed by atoms with van der Waals surface area (Å²) in [7, 11) is 1.57. The van der Waals surface area contributed by atoms with Crippen LogP contribution in [0.4, 0.5) is 5.69 Å². The Hall–Kier alpha value is -2.37. The molecule has 124 valence electrons. The number of carbonyl (C=O) groups excluding carboxylic acids is 2. The molecule has 0 saturated carbocycles. The van der Waals surface area contributed by atoms with Gasteiger partial charge in [0.1, 0.15) is 5.75 Å². The fourth-order valence-corrected chi connectivity index (χ4v) is 2.89. The van der Waals surface area contributed by atoms with Crippen LogP contribution in [0, 0.1) is 0 Å². The summed E-state index contributed by atoms with van der Waals surface area (Å²) in [4.78, 5) is 26.0. The van der Waals surface area contributed by atoms with E-state index in [1.807, 2.05) is 18.2 Å². The molecule has 2 aromatic carbocycles. The van der Waals surface area contributed by atoms with Gasteiger partial charge >= 0.3 is 0 Å². The van der Waals surface area contributed by atoms with Crippen molar-refractivity contribution in [1.29, 1.82) is 0 Å². The predicted octanol–water partition coefficient (Wildman–Crippen LogP) is 2.77. The van der Waals surface area contributed by atoms with E-state index in [0.717, 1.165) is 5.56 Å². The monoisotopic (exact) mass is 344 g/mol. The molecule has 1 fully saturated rings. The molecule has 6 heteroatoms. The van der Waals surface area contributed by atoms with Crippen LogP contribution in [0.25, 0.3) is 0 Å². The molecule has 0 aromatic heterocycles. The van der Waals surface area contributed by atoms with Crippen molar-refractivity contribution in [3.8, 4) is 5.75 Å². The van der Waals surface area contributed by atoms with Gasteiger partial charge in [0.15, 0.2) is 0 Å². The first-order chi connectivity index (χ1) is 11.6. The van der Waals surface area contributed by atoms with E-state index in [1.54, 1.807) is 37.4 Å². The summed E-state index contributed by atoms with van der Waals surface area (Å²) in [5.41, 5.74) is 1.52. The summed E-state index contributed by atoms with van der Waals surface area (Å²) in [6, 6.07) is 13.7. The van der Waals surface area contributed by atoms with Crippen LogP contribution in [0.2, 0.25) is 5.02 Å². The minimum Gasteiger partial charge on any atom is -0.497 e. The average Bonchev–Trinajstić information content (AvgIpc) is 2.87. The number of carbonyl (C=O) groups is 2. The van der Waals surface area contributed by atoms with E-state index in [4.69, 9.17) is 16.3 Å². The highest BCUT2D eigenvalue weighted by Crippen LogP contribution is 2.25. The van der Waals surface area contributed by atoms with Crippen molar-refractivity contribution >= 4 is 29.1 Å². The zero-order valence-electron chi connectivity index (χ0n) is 13.2. The Kier molecular flexibility index (Phi) is 4.83. The number of nitrogens with one attached hydrogen (secondary N) is 1. The van der Waals surface area contributed by atoms with Gasteiger partial charge < -0.3 is 10.1 Å². The zero-order valence-corrected chi connectivity index (χ0v) is 13.9. The second-order valence-corrected chi connectivity index (χ2v) is 5.97. The number of halogens is 1. The Morgan fingerprint density at radius 1 is 1.21 bits per heavy atom. The number of rotatable bonds is 5. The third-order valence-corrected chi connectivity index (χ3v) is 4.15. The number of hydrogen-bond donors (Lipinski definition) is 1. The highest BCUT2D eigenvalue weighted by atomic mass is 35.5. The van der Waals surface area contributed by atoms with Crippen molar-refractivity contribution in [2.45, 2.75) is 19.0 Å². The zero-order chi connectivity index (χ0) is 17.1. The normalized spacial score (nSPS) is 17.4. The molecule has 0 spiro atoms. The molecule has 1 atom stereocenters. The maximum Gasteiger partial charge on any atom is 0.251 e. The molecule has 1 saturated heterocycles. The molecule has 1 aliphatic rings. The van der Waals surface area contributed by atoms with E-state index >= 15 is 0 Å². The van der Waals surface area contributed by atoms with Crippen molar-refractivity contribution in [2.24, 2.45) is 0 Å². The Morgan fingerprint density at radius 2 is 1.96 bits per heavy atom. The average molecular weight is 345 g/mol. The Labute approximate surface area is 145 Å². The second-order valence-electron chi connectivity index (χ2n) is 5.53. The lowest BCUT2D eigenvalue weighted by Crippen LogP contribution is -2.38. The second kappa shape index (κ2) is 7.03. The number of anilines is 1. The fraction of sp³-hybridized carbons (Fsp3) is 0.222. The summed E-state index contributed by atoms with van der Waals surface area (Å²) >= 11 is 5.95. The van der Waals surface area contributed by atoms with Crippen LogP contribution in [-0.4, -0.2) is 25.0 Å². The minimum absolute atomic E-state index is 0.144. The molecule has 1 aliphatic heterocycles. The summed E-state index contributed by atoms with van der Waals surface area (Å²) in [5.74, 6) is 0.217. The summed E-state index contributed by atoms with van der Waals surface area (Å²) in [5, 5.41) is 3.77. The van der Waals surface area contributed by atoms with Gasteiger partial charge in [-0.1, -0.05) is 23.7 Å². The van der Waals surface area contributed by atoms with Crippen LogP contribution in [0.3, 0.4) is 0 Å². The van der Waals surface area contributed by atoms with Crippen LogP contribution in [0.5, 0.6) is 5.75 Å². The largest absolute Gasteiger partial charge is 0.497 e. The fourth-order valence-electron chi connectivity index (χ4n) is 2.68. The van der Waals surface area contributed by atoms with Gasteiger partial charge in [-0.05, 0) is 42.0 Å². The highest BCUT2D eigenvalue weighted by molar-refractivity contribution is 6.30. The van der Waals surface area contributed by atoms with Crippen LogP contribution >= 0.6 is 11.6 Å². The summed E-state index contributed by atoms with van der Waals surface area (Å²) < 4.78 is 5.09. The van der Waals surface area contributed by atoms with Gasteiger partial charge in [0.25, 0.3) is 5.91 Å². The third-order valence-electron chi connectivity index (χ3n) is 3.92. The first-order valence-electron chi connectivity index (χ1n) is 7.57. The van der Waals surface area contributed by atoms with Crippen LogP contribution in [-0.2, 0) is 16.1 Å². The number of ether oxygens (including phenoxy) is 1. The molecule has 1 heterocycles. The van der Waals surface area contributed by atoms with Gasteiger partial charge in [-0.25, -0.2) is 4.90 Å². The van der Waals surface area contributed by atoms with Gasteiger partial charge in [-0.2, -0.15) is 0 Å². The van der Waals surface area contributed by atoms with E-state index in [9.17, 15) is 9.59 Å². The Morgan fingerprint density at radius 3 is 2.62 bits per heavy atom. The summed E-state index contributed by atoms with van der Waals surface area (Å²) in [6.45, 7) is 0.473. The van der Waals surface area contributed by atoms with Crippen molar-refractivity contribution in [1.82, 2.24) is 5.32 Å². The standard InChI is InChI=1S/C18H17ClN2O3/c1-24-15-7-5-14(6-8-15)21-17(22)10-16(18(21)23)20-11-12-3-2-4-13(19)9-12/h2-9,16,20H,10-11H2,1H3. The quantitative estimate of drug-likeness (QED) is 0.847. The van der Waals surface area contributed by atoms with Gasteiger partial charge in [0.05, 0.1) is 25.3 Å². The smallest absolute Gasteiger partial charge is 0.251 e. The molecule has 1 unspecified atom stereocenters. The summed E-state index contributed by atoms with van der Waals surface area (Å²) in [6.07, 6.45) is 0.144. The number of hydrogen-bond acceptors (Lipinski definition) is 4. The van der Waals surface area contributed by atoms with Crippen molar-refractivity contribution in [3.05, 3.63) is 59.1 Å². The molecule has 0 aliphatic carbocycles. The molecular formula is C18H17ClN2O3. The van der Waals surface area contributed by atoms with Gasteiger partial charge in [-0.15, -0.1) is 0 Å². The Balaban J connectivity index is 1.69. The molecule has 2 amide bonds. The van der Waals surface area contributed by atoms with E-state index < -0.39 is 6.04 Å². The van der Waals surface area contributed by atoms with Crippen molar-refractivity contribution < 1.29 is 14.3 Å². The molecule has 0 radical (unpaired) electrons. The Bertz CT molecular complexity index is 761. The molecule has 24 heavy (non-hydrogen) atoms. The molecule has 3 rings (SSSR count). The molecule has 5 nitrogen and oxygen atoms in total. The number of methoxy groups -OCH3 is 1. The van der Waals surface area contributed by atoms with E-state index in [1.165, 1.54) is 4.90 Å². The van der Waals surface area contributed by atoms with Crippen molar-refractivity contribution in [3.63, 3.8) is 0 Å². The molecule has 1 N–H and O–H groups in total. The number of imide groups is 1. The molecular weight excluding hydrogens is 328 g/mol. The third kappa shape index (κ3) is 3.42. The molecule has 2 aromatic rings. The van der Waals surface area contributed by atoms with Gasteiger partial charge in [0, 0.05) is 11.6 Å². The van der Waals surface area contributed by atoms with E-state index in [-0.39, 0.29) is 18.2 Å². The van der Waals surface area contributed by atoms with E-state index in [0.29, 0.717) is 23.0 Å². The maximum absolute atomic E-state index is 12.5. The first-order valence-corrected chi connectivity index (χ1v) is 7.95. The van der Waals surface area contributed by atoms with Crippen LogP contribution in [0.15, 0.2) is 48.5 Å². The van der Waals surface area contributed by atoms with Crippen molar-refractivity contribution in [2.75, 3.05) is 12.0 Å². The first kappa shape index (κ1) is 16.5. The topological polar surface area (TPSA) is 58.6 Å². The lowest BCUT2D eigenvalue weighted by atomic mass is 10.2. The highest BCUT2D eigenvalue weighted by Gasteiger charge is 2.39.